The zero-order valence-corrected chi connectivity index (χ0v) is 20.7. The van der Waals surface area contributed by atoms with E-state index in [0.29, 0.717) is 35.4 Å². The second-order valence-electron chi connectivity index (χ2n) is 12.7. The number of fused-ring (bicyclic) bond motifs is 5. The number of carbonyl (C=O) groups is 1. The van der Waals surface area contributed by atoms with Gasteiger partial charge in [0, 0.05) is 12.3 Å². The lowest BCUT2D eigenvalue weighted by atomic mass is 9.45. The summed E-state index contributed by atoms with van der Waals surface area (Å²) in [4.78, 5) is 13.2. The number of allylic oxidation sites excluding steroid dienone is 2. The minimum atomic E-state index is -0.672. The Kier molecular flexibility index (Phi) is 6.27. The zero-order valence-electron chi connectivity index (χ0n) is 20.7. The Morgan fingerprint density at radius 1 is 0.935 bits per heavy atom. The van der Waals surface area contributed by atoms with Crippen LogP contribution in [0.25, 0.3) is 0 Å². The van der Waals surface area contributed by atoms with E-state index >= 15 is 0 Å². The summed E-state index contributed by atoms with van der Waals surface area (Å²) in [6.45, 7) is 13.3. The molecule has 0 radical (unpaired) electrons. The fraction of sp³-hybridized carbons (Fsp3) is 0.893. The van der Waals surface area contributed by atoms with Crippen LogP contribution in [0.5, 0.6) is 0 Å². The van der Waals surface area contributed by atoms with Gasteiger partial charge in [0.1, 0.15) is 5.78 Å². The zero-order chi connectivity index (χ0) is 22.7. The normalized spacial score (nSPS) is 46.1. The van der Waals surface area contributed by atoms with Gasteiger partial charge in [-0.2, -0.15) is 0 Å². The minimum Gasteiger partial charge on any atom is -0.390 e. The van der Waals surface area contributed by atoms with Crippen molar-refractivity contribution in [2.45, 2.75) is 98.7 Å². The van der Waals surface area contributed by atoms with Crippen LogP contribution in [-0.4, -0.2) is 28.2 Å². The first kappa shape index (κ1) is 23.5. The third-order valence-corrected chi connectivity index (χ3v) is 11.2. The Balaban J connectivity index is 1.55. The monoisotopic (exact) mass is 430 g/mol. The molecular formula is C28H46O3. The van der Waals surface area contributed by atoms with Gasteiger partial charge in [-0.3, -0.25) is 4.79 Å². The first-order valence-electron chi connectivity index (χ1n) is 13.1. The number of Topliss-reactive ketones (excluding diaryl/α,β-unsaturated/α-hetero) is 1. The third kappa shape index (κ3) is 3.57. The summed E-state index contributed by atoms with van der Waals surface area (Å²) in [5.41, 5.74) is 0.318. The van der Waals surface area contributed by atoms with Crippen LogP contribution in [0.4, 0.5) is 0 Å². The molecule has 176 valence electrons. The second kappa shape index (κ2) is 8.28. The largest absolute Gasteiger partial charge is 0.390 e. The molecule has 3 heteroatoms. The van der Waals surface area contributed by atoms with Crippen molar-refractivity contribution >= 4 is 5.78 Å². The van der Waals surface area contributed by atoms with Crippen molar-refractivity contribution in [2.24, 2.45) is 58.2 Å². The fourth-order valence-electron chi connectivity index (χ4n) is 8.81. The van der Waals surface area contributed by atoms with E-state index in [1.54, 1.807) is 0 Å². The van der Waals surface area contributed by atoms with Crippen LogP contribution in [0, 0.1) is 58.2 Å². The predicted molar refractivity (Wildman–Crippen MR) is 125 cm³/mol. The van der Waals surface area contributed by atoms with E-state index in [0.717, 1.165) is 25.7 Å². The summed E-state index contributed by atoms with van der Waals surface area (Å²) < 4.78 is 0. The van der Waals surface area contributed by atoms with E-state index in [1.165, 1.54) is 19.3 Å². The summed E-state index contributed by atoms with van der Waals surface area (Å²) >= 11 is 0. The van der Waals surface area contributed by atoms with Crippen molar-refractivity contribution in [1.29, 1.82) is 0 Å². The maximum atomic E-state index is 13.2. The molecule has 3 fully saturated rings. The molecule has 4 aliphatic rings. The molecule has 0 bridgehead atoms. The highest BCUT2D eigenvalue weighted by atomic mass is 16.3. The number of hydrogen-bond acceptors (Lipinski definition) is 3. The topological polar surface area (TPSA) is 57.5 Å². The van der Waals surface area contributed by atoms with Gasteiger partial charge in [-0.05, 0) is 90.8 Å². The molecule has 4 aliphatic carbocycles. The standard InChI is InChI=1S/C28H46O3/c1-16(2)17(3)25(30)26(31)18(4)20-10-11-21-19-15-24(29)23-9-7-8-13-27(23,5)22(19)12-14-28(20,21)6/h7-8,16-23,25-26,30-31H,9-15H2,1-6H3/t17-,18-,19-,20+,21-,22-,23+,25+,26+,27+,28+/m0/s1. The number of ketones is 1. The SMILES string of the molecule is CC(C)[C@H](C)[C@@H](O)[C@H](O)[C@@H](C)[C@H]1CC[C@H]2[C@@H]3CC(=O)[C@H]4CC=CC[C@]4(C)[C@H]3CC[C@]12C. The lowest BCUT2D eigenvalue weighted by Gasteiger charge is -2.59. The van der Waals surface area contributed by atoms with Gasteiger partial charge in [0.05, 0.1) is 12.2 Å². The number of hydrogen-bond donors (Lipinski definition) is 2. The average Bonchev–Trinajstić information content (AvgIpc) is 3.08. The number of aliphatic hydroxyl groups excluding tert-OH is 2. The molecule has 0 aromatic carbocycles. The molecule has 0 aliphatic heterocycles. The summed E-state index contributed by atoms with van der Waals surface area (Å²) in [6, 6.07) is 0. The van der Waals surface area contributed by atoms with Crippen molar-refractivity contribution in [3.63, 3.8) is 0 Å². The van der Waals surface area contributed by atoms with Crippen molar-refractivity contribution in [1.82, 2.24) is 0 Å². The van der Waals surface area contributed by atoms with Crippen LogP contribution in [0.3, 0.4) is 0 Å². The predicted octanol–water partition coefficient (Wildman–Crippen LogP) is 5.64. The van der Waals surface area contributed by atoms with Crippen molar-refractivity contribution in [3.8, 4) is 0 Å². The maximum Gasteiger partial charge on any atom is 0.137 e. The van der Waals surface area contributed by atoms with Crippen LogP contribution in [-0.2, 0) is 4.79 Å². The summed E-state index contributed by atoms with van der Waals surface area (Å²) in [7, 11) is 0. The molecule has 0 unspecified atom stereocenters. The summed E-state index contributed by atoms with van der Waals surface area (Å²) in [5, 5.41) is 22.0. The van der Waals surface area contributed by atoms with Crippen LogP contribution in [0.1, 0.15) is 86.5 Å². The number of carbonyl (C=O) groups excluding carboxylic acids is 1. The summed E-state index contributed by atoms with van der Waals surface area (Å²) in [6.07, 6.45) is 10.7. The van der Waals surface area contributed by atoms with Gasteiger partial charge in [-0.15, -0.1) is 0 Å². The first-order valence-corrected chi connectivity index (χ1v) is 13.1. The molecule has 0 amide bonds. The summed E-state index contributed by atoms with van der Waals surface area (Å²) in [5.74, 6) is 3.44. The van der Waals surface area contributed by atoms with E-state index in [4.69, 9.17) is 0 Å². The van der Waals surface area contributed by atoms with Crippen LogP contribution >= 0.6 is 0 Å². The molecule has 0 aromatic rings. The van der Waals surface area contributed by atoms with E-state index in [-0.39, 0.29) is 28.6 Å². The van der Waals surface area contributed by atoms with Crippen LogP contribution in [0.2, 0.25) is 0 Å². The van der Waals surface area contributed by atoms with Crippen molar-refractivity contribution in [2.75, 3.05) is 0 Å². The van der Waals surface area contributed by atoms with Crippen molar-refractivity contribution in [3.05, 3.63) is 12.2 Å². The molecule has 11 atom stereocenters. The molecule has 0 heterocycles. The molecular weight excluding hydrogens is 384 g/mol. The maximum absolute atomic E-state index is 13.2. The van der Waals surface area contributed by atoms with Gasteiger partial charge in [0.2, 0.25) is 0 Å². The van der Waals surface area contributed by atoms with E-state index in [1.807, 2.05) is 0 Å². The minimum absolute atomic E-state index is 0.0861. The Labute approximate surface area is 190 Å². The van der Waals surface area contributed by atoms with Gasteiger partial charge < -0.3 is 10.2 Å². The lowest BCUT2D eigenvalue weighted by molar-refractivity contribution is -0.151. The fourth-order valence-corrected chi connectivity index (χ4v) is 8.81. The highest BCUT2D eigenvalue weighted by molar-refractivity contribution is 5.83. The Bertz CT molecular complexity index is 713. The van der Waals surface area contributed by atoms with Crippen LogP contribution in [0.15, 0.2) is 12.2 Å². The van der Waals surface area contributed by atoms with E-state index in [2.05, 4.69) is 53.7 Å². The highest BCUT2D eigenvalue weighted by Crippen LogP contribution is 2.67. The number of aliphatic hydroxyl groups is 2. The molecule has 4 rings (SSSR count). The third-order valence-electron chi connectivity index (χ3n) is 11.2. The smallest absolute Gasteiger partial charge is 0.137 e. The Hall–Kier alpha value is -0.670. The molecule has 31 heavy (non-hydrogen) atoms. The van der Waals surface area contributed by atoms with E-state index in [9.17, 15) is 15.0 Å². The number of rotatable bonds is 5. The van der Waals surface area contributed by atoms with Crippen molar-refractivity contribution < 1.29 is 15.0 Å². The molecule has 2 N–H and O–H groups in total. The van der Waals surface area contributed by atoms with E-state index < -0.39 is 12.2 Å². The van der Waals surface area contributed by atoms with Gasteiger partial charge in [0.15, 0.2) is 0 Å². The quantitative estimate of drug-likeness (QED) is 0.555. The van der Waals surface area contributed by atoms with Gasteiger partial charge >= 0.3 is 0 Å². The second-order valence-corrected chi connectivity index (χ2v) is 12.7. The Morgan fingerprint density at radius 2 is 1.61 bits per heavy atom. The Morgan fingerprint density at radius 3 is 2.29 bits per heavy atom. The molecule has 0 aromatic heterocycles. The average molecular weight is 431 g/mol. The first-order chi connectivity index (χ1) is 14.5. The van der Waals surface area contributed by atoms with Crippen LogP contribution < -0.4 is 0 Å². The van der Waals surface area contributed by atoms with Gasteiger partial charge in [-0.25, -0.2) is 0 Å². The molecule has 3 nitrogen and oxygen atoms in total. The van der Waals surface area contributed by atoms with Gasteiger partial charge in [-0.1, -0.05) is 53.7 Å². The van der Waals surface area contributed by atoms with Gasteiger partial charge in [0.25, 0.3) is 0 Å². The highest BCUT2D eigenvalue weighted by Gasteiger charge is 2.62. The molecule has 0 spiro atoms. The lowest BCUT2D eigenvalue weighted by Crippen LogP contribution is -2.56. The molecule has 3 saturated carbocycles. The molecule has 0 saturated heterocycles.